The fourth-order valence-corrected chi connectivity index (χ4v) is 12.5. The van der Waals surface area contributed by atoms with Crippen molar-refractivity contribution in [3.63, 3.8) is 0 Å². The molecule has 5 fully saturated rings. The Labute approximate surface area is 265 Å². The van der Waals surface area contributed by atoms with Crippen molar-refractivity contribution >= 4 is 16.1 Å². The van der Waals surface area contributed by atoms with E-state index in [4.69, 9.17) is 0 Å². The van der Waals surface area contributed by atoms with Gasteiger partial charge in [0.2, 0.25) is 0 Å². The molecule has 10 atom stereocenters. The van der Waals surface area contributed by atoms with Crippen molar-refractivity contribution in [3.8, 4) is 0 Å². The predicted octanol–water partition coefficient (Wildman–Crippen LogP) is 6.38. The van der Waals surface area contributed by atoms with Crippen LogP contribution >= 0.6 is 0 Å². The number of aliphatic hydroxyl groups excluding tert-OH is 2. The molecule has 44 heavy (non-hydrogen) atoms. The summed E-state index contributed by atoms with van der Waals surface area (Å²) >= 11 is 0. The van der Waals surface area contributed by atoms with Crippen LogP contribution in [0.25, 0.3) is 0 Å². The highest BCUT2D eigenvalue weighted by Crippen LogP contribution is 2.69. The van der Waals surface area contributed by atoms with Gasteiger partial charge >= 0.3 is 6.03 Å². The number of carbonyl (C=O) groups excluding carboxylic acids is 1. The monoisotopic (exact) mass is 628 g/mol. The van der Waals surface area contributed by atoms with E-state index < -0.39 is 16.1 Å². The van der Waals surface area contributed by atoms with E-state index in [1.165, 1.54) is 63.5 Å². The highest BCUT2D eigenvalue weighted by molar-refractivity contribution is 7.90. The number of amides is 2. The van der Waals surface area contributed by atoms with Crippen LogP contribution in [-0.4, -0.2) is 43.9 Å². The molecule has 7 nitrogen and oxygen atoms in total. The zero-order chi connectivity index (χ0) is 31.5. The second-order valence-electron chi connectivity index (χ2n) is 16.0. The van der Waals surface area contributed by atoms with Gasteiger partial charge in [-0.2, -0.15) is 0 Å². The summed E-state index contributed by atoms with van der Waals surface area (Å²) in [7, 11) is -3.99. The summed E-state index contributed by atoms with van der Waals surface area (Å²) < 4.78 is 27.9. The molecule has 1 aromatic carbocycles. The Balaban J connectivity index is 1.05. The SMILES string of the molecule is CC[C@H]1[C@@H](O)[C@@H]2[C@H](CC[C@]3(C)C([C@H](C)CCNC(=O)NS(=O)(=O)c4ccc(C5(CO)CC5)cc4)CC[C@@H]23)[C@@]2(C)CCCC[C@@H]12. The molecule has 5 saturated carbocycles. The molecule has 8 heteroatoms. The average molecular weight is 629 g/mol. The number of rotatable bonds is 9. The topological polar surface area (TPSA) is 116 Å². The summed E-state index contributed by atoms with van der Waals surface area (Å²) in [6, 6.07) is 5.80. The third kappa shape index (κ3) is 5.33. The van der Waals surface area contributed by atoms with Crippen LogP contribution in [0.3, 0.4) is 0 Å². The van der Waals surface area contributed by atoms with Gasteiger partial charge in [-0.1, -0.05) is 59.1 Å². The van der Waals surface area contributed by atoms with Crippen LogP contribution in [0.2, 0.25) is 0 Å². The molecule has 0 bridgehead atoms. The van der Waals surface area contributed by atoms with Gasteiger partial charge in [-0.3, -0.25) is 0 Å². The molecule has 2 amide bonds. The first-order chi connectivity index (χ1) is 20.9. The number of hydrogen-bond donors (Lipinski definition) is 4. The Morgan fingerprint density at radius 3 is 2.32 bits per heavy atom. The molecule has 0 spiro atoms. The van der Waals surface area contributed by atoms with E-state index >= 15 is 0 Å². The number of hydrogen-bond acceptors (Lipinski definition) is 5. The van der Waals surface area contributed by atoms with Crippen LogP contribution in [0, 0.1) is 52.3 Å². The number of aliphatic hydroxyl groups is 2. The van der Waals surface area contributed by atoms with E-state index in [2.05, 4.69) is 37.7 Å². The van der Waals surface area contributed by atoms with E-state index in [-0.39, 0.29) is 28.4 Å². The highest BCUT2D eigenvalue weighted by Gasteiger charge is 2.64. The standard InChI is InChI=1S/C36H56N2O5S/c1-5-26-28-8-6-7-17-34(28,3)30-15-18-35(4)27(13-14-29(35)31(30)32(26)40)23(2)16-21-37-33(41)38-44(42,43)25-11-9-24(10-12-25)36(22-39)19-20-36/h9-12,23,26-32,39-40H,5-8,13-22H2,1-4H3,(H2,37,38,41)/t23-,26-,27?,28+,29+,30+,31+,32-,34+,35-/m1/s1. The van der Waals surface area contributed by atoms with Crippen molar-refractivity contribution in [1.29, 1.82) is 0 Å². The van der Waals surface area contributed by atoms with Gasteiger partial charge < -0.3 is 15.5 Å². The van der Waals surface area contributed by atoms with Crippen LogP contribution in [0.4, 0.5) is 4.79 Å². The van der Waals surface area contributed by atoms with Crippen LogP contribution in [0.5, 0.6) is 0 Å². The van der Waals surface area contributed by atoms with Crippen molar-refractivity contribution in [3.05, 3.63) is 29.8 Å². The van der Waals surface area contributed by atoms with Crippen LogP contribution in [0.1, 0.15) is 110 Å². The van der Waals surface area contributed by atoms with Crippen molar-refractivity contribution in [2.75, 3.05) is 13.2 Å². The van der Waals surface area contributed by atoms with Crippen molar-refractivity contribution in [2.45, 2.75) is 121 Å². The lowest BCUT2D eigenvalue weighted by Crippen LogP contribution is -2.61. The van der Waals surface area contributed by atoms with E-state index in [0.29, 0.717) is 53.4 Å². The minimum atomic E-state index is -3.99. The first-order valence-electron chi connectivity index (χ1n) is 17.6. The molecule has 0 aliphatic heterocycles. The minimum absolute atomic E-state index is 0.0441. The van der Waals surface area contributed by atoms with Crippen LogP contribution in [-0.2, 0) is 15.4 Å². The van der Waals surface area contributed by atoms with Gasteiger partial charge in [-0.05, 0) is 128 Å². The Kier molecular flexibility index (Phi) is 8.71. The molecule has 0 saturated heterocycles. The first-order valence-corrected chi connectivity index (χ1v) is 19.1. The van der Waals surface area contributed by atoms with E-state index in [9.17, 15) is 23.4 Å². The van der Waals surface area contributed by atoms with Gasteiger partial charge in [-0.15, -0.1) is 0 Å². The fraction of sp³-hybridized carbons (Fsp3) is 0.806. The van der Waals surface area contributed by atoms with Crippen molar-refractivity contribution in [2.24, 2.45) is 52.3 Å². The molecule has 5 aliphatic rings. The number of sulfonamides is 1. The number of fused-ring (bicyclic) bond motifs is 5. The van der Waals surface area contributed by atoms with Gasteiger partial charge in [0.1, 0.15) is 0 Å². The maximum Gasteiger partial charge on any atom is 0.328 e. The first kappa shape index (κ1) is 32.3. The number of nitrogens with one attached hydrogen (secondary N) is 2. The summed E-state index contributed by atoms with van der Waals surface area (Å²) in [6.45, 7) is 10.1. The Bertz CT molecular complexity index is 1310. The summed E-state index contributed by atoms with van der Waals surface area (Å²) in [4.78, 5) is 12.7. The number of urea groups is 1. The molecule has 246 valence electrons. The summed E-state index contributed by atoms with van der Waals surface area (Å²) in [6.07, 6.45) is 13.6. The molecule has 0 aromatic heterocycles. The smallest absolute Gasteiger partial charge is 0.328 e. The Morgan fingerprint density at radius 1 is 0.955 bits per heavy atom. The van der Waals surface area contributed by atoms with Gasteiger partial charge in [0.25, 0.3) is 10.0 Å². The average Bonchev–Trinajstić information content (AvgIpc) is 3.72. The maximum atomic E-state index is 12.9. The van der Waals surface area contributed by atoms with Crippen LogP contribution < -0.4 is 10.0 Å². The van der Waals surface area contributed by atoms with Gasteiger partial charge in [-0.25, -0.2) is 17.9 Å². The highest BCUT2D eigenvalue weighted by atomic mass is 32.2. The zero-order valence-corrected chi connectivity index (χ0v) is 28.2. The second-order valence-corrected chi connectivity index (χ2v) is 17.7. The molecule has 0 heterocycles. The molecule has 6 rings (SSSR count). The Hall–Kier alpha value is -1.64. The summed E-state index contributed by atoms with van der Waals surface area (Å²) in [5, 5.41) is 24.4. The van der Waals surface area contributed by atoms with Crippen molar-refractivity contribution in [1.82, 2.24) is 10.0 Å². The third-order valence-electron chi connectivity index (χ3n) is 14.1. The van der Waals surface area contributed by atoms with E-state index in [1.807, 2.05) is 0 Å². The van der Waals surface area contributed by atoms with Gasteiger partial charge in [0, 0.05) is 12.0 Å². The van der Waals surface area contributed by atoms with Crippen LogP contribution in [0.15, 0.2) is 29.2 Å². The molecule has 0 radical (unpaired) electrons. The van der Waals surface area contributed by atoms with E-state index in [1.54, 1.807) is 12.1 Å². The third-order valence-corrected chi connectivity index (χ3v) is 15.5. The second kappa shape index (κ2) is 11.9. The predicted molar refractivity (Wildman–Crippen MR) is 172 cm³/mol. The molecule has 5 aliphatic carbocycles. The molecule has 1 unspecified atom stereocenters. The van der Waals surface area contributed by atoms with E-state index in [0.717, 1.165) is 31.2 Å². The van der Waals surface area contributed by atoms with Gasteiger partial charge in [0.05, 0.1) is 17.6 Å². The fourth-order valence-electron chi connectivity index (χ4n) is 11.5. The molecule has 4 N–H and O–H groups in total. The normalized spacial score (nSPS) is 39.8. The zero-order valence-electron chi connectivity index (χ0n) is 27.4. The largest absolute Gasteiger partial charge is 0.395 e. The lowest BCUT2D eigenvalue weighted by molar-refractivity contribution is -0.194. The molecular formula is C36H56N2O5S. The Morgan fingerprint density at radius 2 is 1.66 bits per heavy atom. The minimum Gasteiger partial charge on any atom is -0.395 e. The maximum absolute atomic E-state index is 12.9. The molecular weight excluding hydrogens is 572 g/mol. The number of carbonyl (C=O) groups is 1. The van der Waals surface area contributed by atoms with Crippen molar-refractivity contribution < 1.29 is 23.4 Å². The number of benzene rings is 1. The van der Waals surface area contributed by atoms with Gasteiger partial charge in [0.15, 0.2) is 0 Å². The lowest BCUT2D eigenvalue weighted by atomic mass is 9.41. The summed E-state index contributed by atoms with van der Waals surface area (Å²) in [5.74, 6) is 3.61. The quantitative estimate of drug-likeness (QED) is 0.253. The summed E-state index contributed by atoms with van der Waals surface area (Å²) in [5.41, 5.74) is 1.27. The molecule has 1 aromatic rings. The lowest BCUT2D eigenvalue weighted by Gasteiger charge is -2.64.